The van der Waals surface area contributed by atoms with E-state index in [1.165, 1.54) is 0 Å². The van der Waals surface area contributed by atoms with E-state index in [-0.39, 0.29) is 18.7 Å². The molecule has 3 rings (SSSR count). The fourth-order valence-electron chi connectivity index (χ4n) is 2.59. The Kier molecular flexibility index (Phi) is 5.31. The number of hydrogen-bond acceptors (Lipinski definition) is 3. The number of hydrogen-bond donors (Lipinski definition) is 0. The second-order valence-electron chi connectivity index (χ2n) is 5.38. The number of rotatable bonds is 3. The summed E-state index contributed by atoms with van der Waals surface area (Å²) in [6.07, 6.45) is -0.301. The average Bonchev–Trinajstić information content (AvgIpc) is 2.61. The summed E-state index contributed by atoms with van der Waals surface area (Å²) in [6.45, 7) is 1.84. The van der Waals surface area contributed by atoms with E-state index in [0.717, 1.165) is 15.6 Å². The van der Waals surface area contributed by atoms with Crippen molar-refractivity contribution >= 4 is 22.0 Å². The van der Waals surface area contributed by atoms with Gasteiger partial charge in [0.15, 0.2) is 0 Å². The topological polar surface area (TPSA) is 38.8 Å². The van der Waals surface area contributed by atoms with Crippen LogP contribution in [0.25, 0.3) is 0 Å². The molecule has 0 spiro atoms. The lowest BCUT2D eigenvalue weighted by Gasteiger charge is -2.35. The predicted molar refractivity (Wildman–Crippen MR) is 91.0 cm³/mol. The minimum atomic E-state index is -0.301. The minimum absolute atomic E-state index is 0.111. The van der Waals surface area contributed by atoms with Crippen LogP contribution in [0.2, 0.25) is 0 Å². The molecule has 1 saturated heterocycles. The van der Waals surface area contributed by atoms with Gasteiger partial charge in [0.05, 0.1) is 19.3 Å². The molecule has 0 radical (unpaired) electrons. The minimum Gasteiger partial charge on any atom is -0.445 e. The number of halogens is 1. The van der Waals surface area contributed by atoms with Gasteiger partial charge in [-0.25, -0.2) is 4.79 Å². The maximum Gasteiger partial charge on any atom is 0.410 e. The molecule has 0 bridgehead atoms. The first-order valence-corrected chi connectivity index (χ1v) is 8.34. The number of benzene rings is 2. The van der Waals surface area contributed by atoms with Crippen LogP contribution in [-0.4, -0.2) is 30.8 Å². The summed E-state index contributed by atoms with van der Waals surface area (Å²) in [5.41, 5.74) is 2.03. The van der Waals surface area contributed by atoms with E-state index in [9.17, 15) is 4.79 Å². The van der Waals surface area contributed by atoms with Gasteiger partial charge in [0, 0.05) is 11.0 Å². The molecule has 4 nitrogen and oxygen atoms in total. The summed E-state index contributed by atoms with van der Waals surface area (Å²) in [4.78, 5) is 14.2. The van der Waals surface area contributed by atoms with Gasteiger partial charge in [-0.15, -0.1) is 0 Å². The maximum absolute atomic E-state index is 12.5. The van der Waals surface area contributed by atoms with Gasteiger partial charge in [-0.05, 0) is 23.3 Å². The predicted octanol–water partition coefficient (Wildman–Crippen LogP) is 4.16. The van der Waals surface area contributed by atoms with Gasteiger partial charge in [0.1, 0.15) is 6.61 Å². The van der Waals surface area contributed by atoms with Gasteiger partial charge in [-0.3, -0.25) is 4.90 Å². The number of amides is 1. The van der Waals surface area contributed by atoms with Crippen molar-refractivity contribution in [1.82, 2.24) is 4.90 Å². The second kappa shape index (κ2) is 7.62. The molecule has 1 aliphatic rings. The van der Waals surface area contributed by atoms with Crippen molar-refractivity contribution in [3.8, 4) is 0 Å². The van der Waals surface area contributed by atoms with Gasteiger partial charge >= 0.3 is 6.09 Å². The maximum atomic E-state index is 12.5. The van der Waals surface area contributed by atoms with E-state index in [1.807, 2.05) is 54.6 Å². The molecule has 0 N–H and O–H groups in total. The van der Waals surface area contributed by atoms with Crippen LogP contribution in [0.1, 0.15) is 17.2 Å². The molecule has 1 aliphatic heterocycles. The number of morpholine rings is 1. The van der Waals surface area contributed by atoms with Crippen molar-refractivity contribution in [3.63, 3.8) is 0 Å². The highest BCUT2D eigenvalue weighted by Gasteiger charge is 2.29. The van der Waals surface area contributed by atoms with Gasteiger partial charge in [0.2, 0.25) is 0 Å². The van der Waals surface area contributed by atoms with E-state index in [0.29, 0.717) is 19.8 Å². The van der Waals surface area contributed by atoms with Crippen LogP contribution in [0.5, 0.6) is 0 Å². The number of carbonyl (C=O) groups is 1. The Morgan fingerprint density at radius 3 is 2.65 bits per heavy atom. The van der Waals surface area contributed by atoms with Gasteiger partial charge in [0.25, 0.3) is 0 Å². The summed E-state index contributed by atoms with van der Waals surface area (Å²) >= 11 is 3.43. The summed E-state index contributed by atoms with van der Waals surface area (Å²) < 4.78 is 12.0. The van der Waals surface area contributed by atoms with Crippen LogP contribution in [-0.2, 0) is 16.1 Å². The van der Waals surface area contributed by atoms with E-state index >= 15 is 0 Å². The molecule has 5 heteroatoms. The zero-order valence-electron chi connectivity index (χ0n) is 12.7. The molecule has 2 aromatic rings. The van der Waals surface area contributed by atoms with E-state index < -0.39 is 0 Å². The molecule has 2 aromatic carbocycles. The summed E-state index contributed by atoms with van der Waals surface area (Å²) in [7, 11) is 0. The van der Waals surface area contributed by atoms with Crippen molar-refractivity contribution in [1.29, 1.82) is 0 Å². The monoisotopic (exact) mass is 375 g/mol. The van der Waals surface area contributed by atoms with E-state index in [2.05, 4.69) is 15.9 Å². The van der Waals surface area contributed by atoms with Crippen molar-refractivity contribution in [2.45, 2.75) is 12.6 Å². The highest BCUT2D eigenvalue weighted by Crippen LogP contribution is 2.26. The molecular formula is C18H18BrNO3. The van der Waals surface area contributed by atoms with Gasteiger partial charge < -0.3 is 9.47 Å². The molecule has 0 saturated carbocycles. The fraction of sp³-hybridized carbons (Fsp3) is 0.278. The van der Waals surface area contributed by atoms with Crippen molar-refractivity contribution in [3.05, 3.63) is 70.2 Å². The second-order valence-corrected chi connectivity index (χ2v) is 6.29. The van der Waals surface area contributed by atoms with Crippen LogP contribution < -0.4 is 0 Å². The molecule has 1 heterocycles. The molecule has 1 atom stereocenters. The Balaban J connectivity index is 1.68. The summed E-state index contributed by atoms with van der Waals surface area (Å²) in [6, 6.07) is 17.5. The number of carbonyl (C=O) groups excluding carboxylic acids is 1. The van der Waals surface area contributed by atoms with Crippen LogP contribution in [0.15, 0.2) is 59.1 Å². The largest absolute Gasteiger partial charge is 0.445 e. The molecule has 0 aliphatic carbocycles. The third-order valence-electron chi connectivity index (χ3n) is 3.82. The number of ether oxygens (including phenoxy) is 2. The fourth-order valence-corrected chi connectivity index (χ4v) is 2.85. The van der Waals surface area contributed by atoms with Gasteiger partial charge in [-0.1, -0.05) is 58.4 Å². The van der Waals surface area contributed by atoms with E-state index in [4.69, 9.17) is 9.47 Å². The Hall–Kier alpha value is -1.85. The smallest absolute Gasteiger partial charge is 0.410 e. The third kappa shape index (κ3) is 4.12. The Morgan fingerprint density at radius 1 is 1.17 bits per heavy atom. The highest BCUT2D eigenvalue weighted by molar-refractivity contribution is 9.10. The lowest BCUT2D eigenvalue weighted by atomic mass is 10.1. The van der Waals surface area contributed by atoms with Crippen LogP contribution in [0.4, 0.5) is 4.79 Å². The molecule has 120 valence electrons. The standard InChI is InChI=1S/C18H18BrNO3/c19-16-8-6-15(7-9-16)17-13-22-11-10-20(17)18(21)23-12-14-4-2-1-3-5-14/h1-9,17H,10-13H2. The summed E-state index contributed by atoms with van der Waals surface area (Å²) in [5, 5.41) is 0. The SMILES string of the molecule is O=C(OCc1ccccc1)N1CCOCC1c1ccc(Br)cc1. The first-order valence-electron chi connectivity index (χ1n) is 7.54. The average molecular weight is 376 g/mol. The third-order valence-corrected chi connectivity index (χ3v) is 4.35. The van der Waals surface area contributed by atoms with Crippen LogP contribution >= 0.6 is 15.9 Å². The first-order chi connectivity index (χ1) is 11.2. The van der Waals surface area contributed by atoms with E-state index in [1.54, 1.807) is 4.90 Å². The quantitative estimate of drug-likeness (QED) is 0.808. The molecule has 1 fully saturated rings. The molecular weight excluding hydrogens is 358 g/mol. The van der Waals surface area contributed by atoms with Crippen LogP contribution in [0.3, 0.4) is 0 Å². The molecule has 1 amide bonds. The lowest BCUT2D eigenvalue weighted by Crippen LogP contribution is -2.43. The van der Waals surface area contributed by atoms with Crippen molar-refractivity contribution in [2.24, 2.45) is 0 Å². The van der Waals surface area contributed by atoms with Crippen molar-refractivity contribution < 1.29 is 14.3 Å². The Bertz CT molecular complexity index is 645. The Labute approximate surface area is 144 Å². The lowest BCUT2D eigenvalue weighted by molar-refractivity contribution is -0.0116. The normalized spacial score (nSPS) is 17.8. The highest BCUT2D eigenvalue weighted by atomic mass is 79.9. The Morgan fingerprint density at radius 2 is 1.91 bits per heavy atom. The van der Waals surface area contributed by atoms with Crippen LogP contribution in [0, 0.1) is 0 Å². The van der Waals surface area contributed by atoms with Gasteiger partial charge in [-0.2, -0.15) is 0 Å². The van der Waals surface area contributed by atoms with Crippen molar-refractivity contribution in [2.75, 3.05) is 19.8 Å². The zero-order valence-corrected chi connectivity index (χ0v) is 14.2. The summed E-state index contributed by atoms with van der Waals surface area (Å²) in [5.74, 6) is 0. The first kappa shape index (κ1) is 16.0. The molecule has 23 heavy (non-hydrogen) atoms. The molecule has 0 aromatic heterocycles. The number of nitrogens with zero attached hydrogens (tertiary/aromatic N) is 1. The zero-order chi connectivity index (χ0) is 16.1. The molecule has 1 unspecified atom stereocenters.